The molecule has 0 heterocycles. The van der Waals surface area contributed by atoms with Gasteiger partial charge in [0.15, 0.2) is 0 Å². The molecule has 2 unspecified atom stereocenters. The van der Waals surface area contributed by atoms with Gasteiger partial charge in [-0.05, 0) is 44.3 Å². The molecule has 5 nitrogen and oxygen atoms in total. The SMILES string of the molecule is CNC(C)C(C(=O)Nc1ccccc1)C(=O)Nc1ccc(SF)c(F)c1. The van der Waals surface area contributed by atoms with Crippen LogP contribution in [-0.4, -0.2) is 24.9 Å². The highest BCUT2D eigenvalue weighted by Crippen LogP contribution is 2.25. The van der Waals surface area contributed by atoms with Crippen molar-refractivity contribution < 1.29 is 17.9 Å². The van der Waals surface area contributed by atoms with Crippen LogP contribution in [0, 0.1) is 11.7 Å². The standard InChI is InChI=1S/C18H19F2N3O2S/c1-11(21-2)16(17(24)22-12-6-4-3-5-7-12)18(25)23-13-8-9-15(26-20)14(19)10-13/h3-11,16,21H,1-2H3,(H,22,24)(H,23,25). The van der Waals surface area contributed by atoms with Gasteiger partial charge in [-0.3, -0.25) is 9.59 Å². The van der Waals surface area contributed by atoms with Crippen LogP contribution in [0.1, 0.15) is 6.92 Å². The second-order valence-electron chi connectivity index (χ2n) is 5.62. The van der Waals surface area contributed by atoms with Crippen molar-refractivity contribution in [3.8, 4) is 0 Å². The summed E-state index contributed by atoms with van der Waals surface area (Å²) >= 11 is -0.218. The molecule has 0 saturated carbocycles. The van der Waals surface area contributed by atoms with E-state index in [1.165, 1.54) is 12.1 Å². The average molecular weight is 379 g/mol. The molecule has 2 atom stereocenters. The molecule has 26 heavy (non-hydrogen) atoms. The molecule has 2 amide bonds. The van der Waals surface area contributed by atoms with Crippen LogP contribution in [0.3, 0.4) is 0 Å². The maximum absolute atomic E-state index is 13.7. The number of anilines is 2. The van der Waals surface area contributed by atoms with Gasteiger partial charge < -0.3 is 16.0 Å². The summed E-state index contributed by atoms with van der Waals surface area (Å²) in [5, 5.41) is 8.07. The molecule has 3 N–H and O–H groups in total. The van der Waals surface area contributed by atoms with Gasteiger partial charge in [0.05, 0.1) is 17.0 Å². The molecule has 2 rings (SSSR count). The first-order valence-corrected chi connectivity index (χ1v) is 8.60. The minimum Gasteiger partial charge on any atom is -0.325 e. The lowest BCUT2D eigenvalue weighted by atomic mass is 9.98. The quantitative estimate of drug-likeness (QED) is 0.643. The summed E-state index contributed by atoms with van der Waals surface area (Å²) in [5.74, 6) is -2.94. The van der Waals surface area contributed by atoms with Crippen molar-refractivity contribution in [2.75, 3.05) is 17.7 Å². The number of benzene rings is 2. The topological polar surface area (TPSA) is 70.2 Å². The van der Waals surface area contributed by atoms with Crippen LogP contribution < -0.4 is 16.0 Å². The molecule has 0 aromatic heterocycles. The summed E-state index contributed by atoms with van der Waals surface area (Å²) in [7, 11) is 1.63. The zero-order valence-corrected chi connectivity index (χ0v) is 15.1. The molecule has 2 aromatic carbocycles. The number of hydrogen-bond donors (Lipinski definition) is 3. The predicted octanol–water partition coefficient (Wildman–Crippen LogP) is 3.60. The number of amides is 2. The van der Waals surface area contributed by atoms with Gasteiger partial charge in [0.25, 0.3) is 0 Å². The van der Waals surface area contributed by atoms with Crippen molar-refractivity contribution in [3.63, 3.8) is 0 Å². The van der Waals surface area contributed by atoms with Crippen molar-refractivity contribution in [2.45, 2.75) is 17.9 Å². The van der Waals surface area contributed by atoms with E-state index in [4.69, 9.17) is 0 Å². The van der Waals surface area contributed by atoms with Gasteiger partial charge in [-0.2, -0.15) is 3.89 Å². The first kappa shape index (κ1) is 19.9. The monoisotopic (exact) mass is 379 g/mol. The van der Waals surface area contributed by atoms with Gasteiger partial charge in [-0.15, -0.1) is 0 Å². The Bertz CT molecular complexity index is 774. The fourth-order valence-corrected chi connectivity index (χ4v) is 2.59. The Balaban J connectivity index is 2.16. The first-order chi connectivity index (χ1) is 12.5. The van der Waals surface area contributed by atoms with Crippen molar-refractivity contribution in [1.29, 1.82) is 0 Å². The molecule has 0 aliphatic rings. The van der Waals surface area contributed by atoms with Crippen LogP contribution in [-0.2, 0) is 9.59 Å². The minimum absolute atomic E-state index is 0.145. The number of halogens is 2. The highest BCUT2D eigenvalue weighted by Gasteiger charge is 2.32. The van der Waals surface area contributed by atoms with Crippen molar-refractivity contribution in [3.05, 3.63) is 54.3 Å². The molecule has 0 spiro atoms. The van der Waals surface area contributed by atoms with Crippen LogP contribution in [0.15, 0.2) is 53.4 Å². The Morgan fingerprint density at radius 2 is 1.62 bits per heavy atom. The highest BCUT2D eigenvalue weighted by molar-refractivity contribution is 7.94. The molecule has 0 aliphatic carbocycles. The summed E-state index contributed by atoms with van der Waals surface area (Å²) in [6.07, 6.45) is 0. The summed E-state index contributed by atoms with van der Waals surface area (Å²) in [5.41, 5.74) is 0.708. The van der Waals surface area contributed by atoms with Gasteiger partial charge in [0.2, 0.25) is 11.8 Å². The van der Waals surface area contributed by atoms with Crippen LogP contribution in [0.4, 0.5) is 19.7 Å². The molecule has 0 saturated heterocycles. The van der Waals surface area contributed by atoms with E-state index in [9.17, 15) is 17.9 Å². The van der Waals surface area contributed by atoms with E-state index in [0.29, 0.717) is 5.69 Å². The van der Waals surface area contributed by atoms with Gasteiger partial charge >= 0.3 is 0 Å². The molecule has 0 radical (unpaired) electrons. The normalized spacial score (nSPS) is 12.9. The number of nitrogens with one attached hydrogen (secondary N) is 3. The summed E-state index contributed by atoms with van der Waals surface area (Å²) in [4.78, 5) is 25.0. The predicted molar refractivity (Wildman–Crippen MR) is 99.1 cm³/mol. The summed E-state index contributed by atoms with van der Waals surface area (Å²) in [6, 6.07) is 11.9. The minimum atomic E-state index is -1.06. The van der Waals surface area contributed by atoms with Crippen LogP contribution in [0.25, 0.3) is 0 Å². The number of para-hydroxylation sites is 1. The fraction of sp³-hybridized carbons (Fsp3) is 0.222. The number of rotatable bonds is 7. The van der Waals surface area contributed by atoms with Gasteiger partial charge in [0.1, 0.15) is 11.7 Å². The van der Waals surface area contributed by atoms with E-state index in [1.54, 1.807) is 38.2 Å². The smallest absolute Gasteiger partial charge is 0.238 e. The third kappa shape index (κ3) is 5.03. The Labute approximate surface area is 154 Å². The molecule has 2 aromatic rings. The first-order valence-electron chi connectivity index (χ1n) is 7.88. The van der Waals surface area contributed by atoms with E-state index in [-0.39, 0.29) is 22.7 Å². The maximum atomic E-state index is 13.7. The Kier molecular flexibility index (Phi) is 7.11. The molecule has 0 fully saturated rings. The van der Waals surface area contributed by atoms with Crippen LogP contribution in [0.2, 0.25) is 0 Å². The summed E-state index contributed by atoms with van der Waals surface area (Å²) in [6.45, 7) is 1.69. The van der Waals surface area contributed by atoms with Gasteiger partial charge in [0, 0.05) is 17.4 Å². The Morgan fingerprint density at radius 3 is 2.15 bits per heavy atom. The largest absolute Gasteiger partial charge is 0.325 e. The average Bonchev–Trinajstić information content (AvgIpc) is 2.62. The molecule has 0 aliphatic heterocycles. The maximum Gasteiger partial charge on any atom is 0.238 e. The van der Waals surface area contributed by atoms with Crippen molar-refractivity contribution in [1.82, 2.24) is 5.32 Å². The van der Waals surface area contributed by atoms with Gasteiger partial charge in [-0.1, -0.05) is 18.2 Å². The molecular weight excluding hydrogens is 360 g/mol. The fourth-order valence-electron chi connectivity index (χ4n) is 2.34. The Morgan fingerprint density at radius 1 is 1.00 bits per heavy atom. The number of hydrogen-bond acceptors (Lipinski definition) is 4. The second kappa shape index (κ2) is 9.30. The lowest BCUT2D eigenvalue weighted by Crippen LogP contribution is -2.45. The van der Waals surface area contributed by atoms with E-state index < -0.39 is 29.6 Å². The van der Waals surface area contributed by atoms with Crippen LogP contribution >= 0.6 is 12.1 Å². The number of carbonyl (C=O) groups excluding carboxylic acids is 2. The lowest BCUT2D eigenvalue weighted by Gasteiger charge is -2.22. The summed E-state index contributed by atoms with van der Waals surface area (Å²) < 4.78 is 26.2. The van der Waals surface area contributed by atoms with E-state index in [0.717, 1.165) is 6.07 Å². The molecule has 8 heteroatoms. The molecule has 138 valence electrons. The van der Waals surface area contributed by atoms with Crippen molar-refractivity contribution >= 4 is 35.3 Å². The lowest BCUT2D eigenvalue weighted by molar-refractivity contribution is -0.130. The van der Waals surface area contributed by atoms with E-state index >= 15 is 0 Å². The molecular formula is C18H19F2N3O2S. The van der Waals surface area contributed by atoms with E-state index in [1.807, 2.05) is 6.07 Å². The number of carbonyl (C=O) groups is 2. The highest BCUT2D eigenvalue weighted by atomic mass is 32.2. The van der Waals surface area contributed by atoms with E-state index in [2.05, 4.69) is 16.0 Å². The zero-order chi connectivity index (χ0) is 19.1. The third-order valence-electron chi connectivity index (χ3n) is 3.84. The zero-order valence-electron chi connectivity index (χ0n) is 14.3. The van der Waals surface area contributed by atoms with Gasteiger partial charge in [-0.25, -0.2) is 4.39 Å². The second-order valence-corrected chi connectivity index (χ2v) is 6.22. The Hall–Kier alpha value is -2.45. The molecule has 0 bridgehead atoms. The third-order valence-corrected chi connectivity index (χ3v) is 4.34. The van der Waals surface area contributed by atoms with Crippen molar-refractivity contribution in [2.24, 2.45) is 5.92 Å². The van der Waals surface area contributed by atoms with Crippen LogP contribution in [0.5, 0.6) is 0 Å².